The van der Waals surface area contributed by atoms with Crippen LogP contribution in [0.5, 0.6) is 46.0 Å². The zero-order valence-corrected chi connectivity index (χ0v) is 43.9. The minimum Gasteiger partial charge on any atom is -0.489 e. The number of aryl methyl sites for hydroxylation is 2. The topological polar surface area (TPSA) is 81.4 Å². The normalized spacial score (nSPS) is 14.1. The van der Waals surface area contributed by atoms with Gasteiger partial charge in [-0.3, -0.25) is 0 Å². The van der Waals surface area contributed by atoms with Crippen LogP contribution in [-0.2, 0) is 23.5 Å². The van der Waals surface area contributed by atoms with Gasteiger partial charge in [0.25, 0.3) is 0 Å². The van der Waals surface area contributed by atoms with Crippen molar-refractivity contribution in [3.05, 3.63) is 202 Å². The molecule has 372 valence electrons. The molecule has 71 heavy (non-hydrogen) atoms. The van der Waals surface area contributed by atoms with E-state index in [0.29, 0.717) is 31.3 Å². The van der Waals surface area contributed by atoms with Crippen LogP contribution in [0.25, 0.3) is 0 Å². The molecule has 7 aromatic rings. The molecular weight excluding hydrogens is 879 g/mol. The maximum atomic E-state index is 7.32. The Morgan fingerprint density at radius 3 is 1.37 bits per heavy atom. The lowest BCUT2D eigenvalue weighted by Gasteiger charge is -2.46. The largest absolute Gasteiger partial charge is 0.489 e. The standard InChI is InChI=1S/C64H75NO6/c1-12-44(5)50-20-26-55(27-21-50)68-57-32-30-54(31-33-57)66-42-48-16-18-49(19-17-48)43-67-63(11,14-3)64(65,15-4)53-24-28-56(29-25-53)69-58-34-36-59(37-35-58)70-60-38-22-51(40-45(60)6)47(8)52-23-39-61(46(7)41-52)71-62(9,10)13-2/h16-41,44,47H,12-15,42-43,65H2,1-11H3. The Kier molecular flexibility index (Phi) is 17.0. The van der Waals surface area contributed by atoms with E-state index in [1.165, 1.54) is 16.7 Å². The van der Waals surface area contributed by atoms with Crippen molar-refractivity contribution in [2.24, 2.45) is 5.73 Å². The zero-order chi connectivity index (χ0) is 50.8. The lowest BCUT2D eigenvalue weighted by Crippen LogP contribution is -2.57. The Bertz CT molecular complexity index is 2780. The molecule has 7 heteroatoms. The van der Waals surface area contributed by atoms with Gasteiger partial charge in [-0.05, 0) is 196 Å². The van der Waals surface area contributed by atoms with E-state index in [1.807, 2.05) is 72.8 Å². The molecule has 0 bridgehead atoms. The molecule has 0 radical (unpaired) electrons. The average molecular weight is 954 g/mol. The van der Waals surface area contributed by atoms with E-state index in [0.717, 1.165) is 87.3 Å². The number of nitrogens with two attached hydrogens (primary N) is 1. The zero-order valence-electron chi connectivity index (χ0n) is 43.9. The van der Waals surface area contributed by atoms with Crippen molar-refractivity contribution < 1.29 is 28.4 Å². The first kappa shape index (κ1) is 52.3. The van der Waals surface area contributed by atoms with E-state index in [-0.39, 0.29) is 11.5 Å². The lowest BCUT2D eigenvalue weighted by molar-refractivity contribution is -0.103. The van der Waals surface area contributed by atoms with Gasteiger partial charge in [0.1, 0.15) is 58.2 Å². The summed E-state index contributed by atoms with van der Waals surface area (Å²) in [4.78, 5) is 0. The van der Waals surface area contributed by atoms with E-state index >= 15 is 0 Å². The molecule has 0 fully saturated rings. The van der Waals surface area contributed by atoms with Crippen LogP contribution in [-0.4, -0.2) is 11.2 Å². The predicted molar refractivity (Wildman–Crippen MR) is 290 cm³/mol. The average Bonchev–Trinajstić information content (AvgIpc) is 3.39. The Morgan fingerprint density at radius 1 is 0.465 bits per heavy atom. The summed E-state index contributed by atoms with van der Waals surface area (Å²) in [6.45, 7) is 24.6. The maximum absolute atomic E-state index is 7.32. The summed E-state index contributed by atoms with van der Waals surface area (Å²) in [5, 5.41) is 0. The van der Waals surface area contributed by atoms with Crippen LogP contribution in [0.3, 0.4) is 0 Å². The maximum Gasteiger partial charge on any atom is 0.130 e. The van der Waals surface area contributed by atoms with Crippen LogP contribution in [0.15, 0.2) is 158 Å². The van der Waals surface area contributed by atoms with Crippen LogP contribution in [0.4, 0.5) is 0 Å². The van der Waals surface area contributed by atoms with E-state index in [9.17, 15) is 0 Å². The summed E-state index contributed by atoms with van der Waals surface area (Å²) in [7, 11) is 0. The van der Waals surface area contributed by atoms with Gasteiger partial charge < -0.3 is 34.2 Å². The molecule has 7 rings (SSSR count). The van der Waals surface area contributed by atoms with Gasteiger partial charge in [0.2, 0.25) is 0 Å². The SMILES string of the molecule is CCC(C)c1ccc(Oc2ccc(OCc3ccc(COC(C)(CC)C(N)(CC)c4ccc(Oc5ccc(Oc6ccc(C(C)c7ccc(OC(C)(C)CC)c(C)c7)cc6C)cc5)cc4)cc3)cc2)cc1. The fourth-order valence-electron chi connectivity index (χ4n) is 8.75. The monoisotopic (exact) mass is 954 g/mol. The van der Waals surface area contributed by atoms with Gasteiger partial charge in [-0.1, -0.05) is 114 Å². The quantitative estimate of drug-likeness (QED) is 0.0684. The minimum atomic E-state index is -0.744. The van der Waals surface area contributed by atoms with Crippen molar-refractivity contribution in [1.82, 2.24) is 0 Å². The first-order chi connectivity index (χ1) is 34.0. The summed E-state index contributed by atoms with van der Waals surface area (Å²) in [5.41, 5.74) is 14.9. The van der Waals surface area contributed by atoms with Crippen molar-refractivity contribution in [3.8, 4) is 46.0 Å². The molecule has 7 aromatic carbocycles. The molecule has 7 nitrogen and oxygen atoms in total. The second-order valence-corrected chi connectivity index (χ2v) is 19.9. The minimum absolute atomic E-state index is 0.197. The smallest absolute Gasteiger partial charge is 0.130 e. The lowest BCUT2D eigenvalue weighted by atomic mass is 9.72. The van der Waals surface area contributed by atoms with Gasteiger partial charge in [-0.2, -0.15) is 0 Å². The molecule has 0 aromatic heterocycles. The van der Waals surface area contributed by atoms with Crippen molar-refractivity contribution in [1.29, 1.82) is 0 Å². The summed E-state index contributed by atoms with van der Waals surface area (Å²) in [6, 6.07) is 53.2. The highest BCUT2D eigenvalue weighted by Crippen LogP contribution is 2.41. The third kappa shape index (κ3) is 13.1. The van der Waals surface area contributed by atoms with Gasteiger partial charge in [0, 0.05) is 5.92 Å². The molecule has 4 atom stereocenters. The predicted octanol–water partition coefficient (Wildman–Crippen LogP) is 17.4. The molecule has 0 saturated heterocycles. The molecule has 2 N–H and O–H groups in total. The van der Waals surface area contributed by atoms with Crippen LogP contribution >= 0.6 is 0 Å². The van der Waals surface area contributed by atoms with E-state index in [4.69, 9.17) is 34.2 Å². The molecule has 0 aliphatic rings. The third-order valence-electron chi connectivity index (χ3n) is 14.6. The molecule has 0 saturated carbocycles. The van der Waals surface area contributed by atoms with Crippen LogP contribution in [0.1, 0.15) is 144 Å². The van der Waals surface area contributed by atoms with E-state index in [1.54, 1.807) is 0 Å². The molecule has 0 amide bonds. The van der Waals surface area contributed by atoms with E-state index in [2.05, 4.69) is 161 Å². The fourth-order valence-corrected chi connectivity index (χ4v) is 8.75. The Labute approximate surface area is 424 Å². The summed E-state index contributed by atoms with van der Waals surface area (Å²) in [5.74, 6) is 7.06. The Morgan fingerprint density at radius 2 is 0.901 bits per heavy atom. The number of hydrogen-bond acceptors (Lipinski definition) is 7. The van der Waals surface area contributed by atoms with Crippen molar-refractivity contribution in [3.63, 3.8) is 0 Å². The number of hydrogen-bond donors (Lipinski definition) is 1. The van der Waals surface area contributed by atoms with Crippen LogP contribution < -0.4 is 29.4 Å². The van der Waals surface area contributed by atoms with Gasteiger partial charge >= 0.3 is 0 Å². The van der Waals surface area contributed by atoms with Crippen molar-refractivity contribution >= 4 is 0 Å². The highest BCUT2D eigenvalue weighted by molar-refractivity contribution is 5.47. The van der Waals surface area contributed by atoms with E-state index < -0.39 is 11.1 Å². The van der Waals surface area contributed by atoms with Gasteiger partial charge in [-0.25, -0.2) is 0 Å². The van der Waals surface area contributed by atoms with Crippen LogP contribution in [0, 0.1) is 13.8 Å². The number of rotatable bonds is 23. The van der Waals surface area contributed by atoms with Crippen molar-refractivity contribution in [2.75, 3.05) is 0 Å². The first-order valence-corrected chi connectivity index (χ1v) is 25.5. The van der Waals surface area contributed by atoms with Crippen LogP contribution in [0.2, 0.25) is 0 Å². The van der Waals surface area contributed by atoms with Gasteiger partial charge in [-0.15, -0.1) is 0 Å². The Hall–Kier alpha value is -6.54. The second kappa shape index (κ2) is 23.1. The second-order valence-electron chi connectivity index (χ2n) is 19.9. The van der Waals surface area contributed by atoms with Crippen molar-refractivity contribution in [2.45, 2.75) is 144 Å². The molecule has 0 heterocycles. The Balaban J connectivity index is 0.892. The number of benzene rings is 7. The first-order valence-electron chi connectivity index (χ1n) is 25.5. The molecule has 0 spiro atoms. The third-order valence-corrected chi connectivity index (χ3v) is 14.6. The van der Waals surface area contributed by atoms with Gasteiger partial charge in [0.15, 0.2) is 0 Å². The summed E-state index contributed by atoms with van der Waals surface area (Å²) >= 11 is 0. The molecular formula is C64H75NO6. The highest BCUT2D eigenvalue weighted by Gasteiger charge is 2.45. The molecule has 0 aliphatic heterocycles. The van der Waals surface area contributed by atoms with Gasteiger partial charge in [0.05, 0.1) is 17.7 Å². The fraction of sp³-hybridized carbons (Fsp3) is 0.344. The summed E-state index contributed by atoms with van der Waals surface area (Å²) < 4.78 is 37.9. The molecule has 0 aliphatic carbocycles. The summed E-state index contributed by atoms with van der Waals surface area (Å²) in [6.07, 6.45) is 3.48. The number of ether oxygens (including phenoxy) is 6. The highest BCUT2D eigenvalue weighted by atomic mass is 16.5. The molecule has 4 unspecified atom stereocenters.